The van der Waals surface area contributed by atoms with Crippen molar-refractivity contribution in [1.29, 1.82) is 0 Å². The highest BCUT2D eigenvalue weighted by Crippen LogP contribution is 2.47. The van der Waals surface area contributed by atoms with Crippen LogP contribution in [0.25, 0.3) is 0 Å². The van der Waals surface area contributed by atoms with E-state index in [-0.39, 0.29) is 0 Å². The second-order valence-corrected chi connectivity index (χ2v) is 5.55. The minimum atomic E-state index is 0.482. The molecule has 0 aromatic carbocycles. The highest BCUT2D eigenvalue weighted by molar-refractivity contribution is 7.07. The van der Waals surface area contributed by atoms with E-state index < -0.39 is 0 Å². The van der Waals surface area contributed by atoms with Gasteiger partial charge in [-0.2, -0.15) is 11.3 Å². The Morgan fingerprint density at radius 1 is 1.57 bits per heavy atom. The summed E-state index contributed by atoms with van der Waals surface area (Å²) in [4.78, 5) is 0. The molecular formula is C12H19NS. The van der Waals surface area contributed by atoms with Crippen LogP contribution in [0, 0.1) is 11.3 Å². The lowest BCUT2D eigenvalue weighted by atomic mass is 9.79. The summed E-state index contributed by atoms with van der Waals surface area (Å²) in [5.41, 5.74) is 2.00. The predicted octanol–water partition coefficient (Wildman–Crippen LogP) is 2.93. The van der Waals surface area contributed by atoms with Crippen LogP contribution in [0.1, 0.15) is 25.3 Å². The van der Waals surface area contributed by atoms with Crippen molar-refractivity contribution in [2.75, 3.05) is 13.6 Å². The van der Waals surface area contributed by atoms with Crippen LogP contribution in [0.4, 0.5) is 0 Å². The Morgan fingerprint density at radius 3 is 2.86 bits per heavy atom. The summed E-state index contributed by atoms with van der Waals surface area (Å²) in [6, 6.07) is 2.26. The number of nitrogens with one attached hydrogen (secondary N) is 1. The van der Waals surface area contributed by atoms with Gasteiger partial charge in [-0.25, -0.2) is 0 Å². The van der Waals surface area contributed by atoms with E-state index in [9.17, 15) is 0 Å². The zero-order chi connectivity index (χ0) is 10.0. The molecule has 1 nitrogen and oxygen atoms in total. The maximum Gasteiger partial charge on any atom is 0.000801 e. The molecule has 78 valence electrons. The fourth-order valence-electron chi connectivity index (χ4n) is 2.39. The average molecular weight is 209 g/mol. The van der Waals surface area contributed by atoms with E-state index in [4.69, 9.17) is 0 Å². The standard InChI is InChI=1S/C12H19NS/c1-12(9-13-2,11-3-4-11)7-10-5-6-14-8-10/h5-6,8,11,13H,3-4,7,9H2,1-2H3. The monoisotopic (exact) mass is 209 g/mol. The molecule has 14 heavy (non-hydrogen) atoms. The van der Waals surface area contributed by atoms with E-state index >= 15 is 0 Å². The van der Waals surface area contributed by atoms with E-state index in [2.05, 4.69) is 36.1 Å². The fourth-order valence-corrected chi connectivity index (χ4v) is 3.06. The SMILES string of the molecule is CNCC(C)(Cc1ccsc1)C1CC1. The molecule has 0 spiro atoms. The van der Waals surface area contributed by atoms with Gasteiger partial charge in [0.1, 0.15) is 0 Å². The van der Waals surface area contributed by atoms with Crippen LogP contribution in [0.5, 0.6) is 0 Å². The first-order valence-electron chi connectivity index (χ1n) is 5.40. The molecule has 1 N–H and O–H groups in total. The normalized spacial score (nSPS) is 20.7. The lowest BCUT2D eigenvalue weighted by Crippen LogP contribution is -2.33. The molecule has 0 amide bonds. The molecule has 2 heteroatoms. The van der Waals surface area contributed by atoms with Gasteiger partial charge in [-0.15, -0.1) is 0 Å². The first kappa shape index (κ1) is 10.2. The van der Waals surface area contributed by atoms with Crippen LogP contribution in [0.3, 0.4) is 0 Å². The third kappa shape index (κ3) is 2.18. The molecule has 0 radical (unpaired) electrons. The molecule has 0 bridgehead atoms. The second kappa shape index (κ2) is 4.03. The predicted molar refractivity (Wildman–Crippen MR) is 62.8 cm³/mol. The van der Waals surface area contributed by atoms with Gasteiger partial charge in [0.05, 0.1) is 0 Å². The Kier molecular flexibility index (Phi) is 2.93. The zero-order valence-electron chi connectivity index (χ0n) is 9.05. The van der Waals surface area contributed by atoms with Crippen LogP contribution < -0.4 is 5.32 Å². The Hall–Kier alpha value is -0.340. The van der Waals surface area contributed by atoms with E-state index in [0.717, 1.165) is 12.5 Å². The number of rotatable bonds is 5. The van der Waals surface area contributed by atoms with Crippen molar-refractivity contribution < 1.29 is 0 Å². The van der Waals surface area contributed by atoms with E-state index in [0.29, 0.717) is 5.41 Å². The van der Waals surface area contributed by atoms with Crippen LogP contribution >= 0.6 is 11.3 Å². The molecule has 2 rings (SSSR count). The van der Waals surface area contributed by atoms with Crippen molar-refractivity contribution in [3.05, 3.63) is 22.4 Å². The Bertz CT molecular complexity index is 277. The van der Waals surface area contributed by atoms with Gasteiger partial charge in [-0.3, -0.25) is 0 Å². The highest BCUT2D eigenvalue weighted by Gasteiger charge is 2.40. The van der Waals surface area contributed by atoms with Crippen molar-refractivity contribution >= 4 is 11.3 Å². The van der Waals surface area contributed by atoms with Crippen molar-refractivity contribution in [2.45, 2.75) is 26.2 Å². The summed E-state index contributed by atoms with van der Waals surface area (Å²) in [6.07, 6.45) is 4.10. The van der Waals surface area contributed by atoms with Gasteiger partial charge in [0.2, 0.25) is 0 Å². The quantitative estimate of drug-likeness (QED) is 0.786. The summed E-state index contributed by atoms with van der Waals surface area (Å²) in [5.74, 6) is 0.954. The number of hydrogen-bond acceptors (Lipinski definition) is 2. The Morgan fingerprint density at radius 2 is 2.36 bits per heavy atom. The number of hydrogen-bond donors (Lipinski definition) is 1. The van der Waals surface area contributed by atoms with Crippen molar-refractivity contribution in [2.24, 2.45) is 11.3 Å². The maximum absolute atomic E-state index is 3.35. The van der Waals surface area contributed by atoms with Crippen LogP contribution in [0.2, 0.25) is 0 Å². The van der Waals surface area contributed by atoms with Gasteiger partial charge in [-0.05, 0) is 60.0 Å². The molecule has 1 fully saturated rings. The second-order valence-electron chi connectivity index (χ2n) is 4.77. The summed E-state index contributed by atoms with van der Waals surface area (Å²) in [7, 11) is 2.06. The molecule has 1 unspecified atom stereocenters. The Balaban J connectivity index is 2.03. The first-order chi connectivity index (χ1) is 6.74. The van der Waals surface area contributed by atoms with Gasteiger partial charge in [0, 0.05) is 6.54 Å². The maximum atomic E-state index is 3.35. The lowest BCUT2D eigenvalue weighted by molar-refractivity contribution is 0.263. The minimum absolute atomic E-state index is 0.482. The third-order valence-corrected chi connectivity index (χ3v) is 4.06. The van der Waals surface area contributed by atoms with Crippen molar-refractivity contribution in [3.63, 3.8) is 0 Å². The molecule has 1 aromatic heterocycles. The molecule has 1 aliphatic rings. The molecule has 0 saturated heterocycles. The molecule has 0 aliphatic heterocycles. The smallest absolute Gasteiger partial charge is 0.000801 e. The van der Waals surface area contributed by atoms with Crippen LogP contribution in [-0.4, -0.2) is 13.6 Å². The summed E-state index contributed by atoms with van der Waals surface area (Å²) in [6.45, 7) is 3.58. The molecule has 1 saturated carbocycles. The van der Waals surface area contributed by atoms with Gasteiger partial charge >= 0.3 is 0 Å². The zero-order valence-corrected chi connectivity index (χ0v) is 9.86. The summed E-state index contributed by atoms with van der Waals surface area (Å²) < 4.78 is 0. The van der Waals surface area contributed by atoms with Crippen LogP contribution in [-0.2, 0) is 6.42 Å². The first-order valence-corrected chi connectivity index (χ1v) is 6.34. The topological polar surface area (TPSA) is 12.0 Å². The molecular weight excluding hydrogens is 190 g/mol. The summed E-state index contributed by atoms with van der Waals surface area (Å²) >= 11 is 1.81. The van der Waals surface area contributed by atoms with Gasteiger partial charge in [0.25, 0.3) is 0 Å². The van der Waals surface area contributed by atoms with E-state index in [1.165, 1.54) is 24.8 Å². The van der Waals surface area contributed by atoms with E-state index in [1.807, 2.05) is 11.3 Å². The van der Waals surface area contributed by atoms with Crippen molar-refractivity contribution in [1.82, 2.24) is 5.32 Å². The molecule has 1 heterocycles. The average Bonchev–Trinajstić information content (AvgIpc) is 2.89. The largest absolute Gasteiger partial charge is 0.319 e. The molecule has 1 aromatic rings. The third-order valence-electron chi connectivity index (χ3n) is 3.33. The number of thiophene rings is 1. The minimum Gasteiger partial charge on any atom is -0.319 e. The van der Waals surface area contributed by atoms with Crippen LogP contribution in [0.15, 0.2) is 16.8 Å². The van der Waals surface area contributed by atoms with E-state index in [1.54, 1.807) is 0 Å². The van der Waals surface area contributed by atoms with Gasteiger partial charge < -0.3 is 5.32 Å². The highest BCUT2D eigenvalue weighted by atomic mass is 32.1. The fraction of sp³-hybridized carbons (Fsp3) is 0.667. The summed E-state index contributed by atoms with van der Waals surface area (Å²) in [5, 5.41) is 7.82. The van der Waals surface area contributed by atoms with Gasteiger partial charge in [0.15, 0.2) is 0 Å². The molecule has 1 aliphatic carbocycles. The lowest BCUT2D eigenvalue weighted by Gasteiger charge is -2.29. The Labute approximate surface area is 90.5 Å². The van der Waals surface area contributed by atoms with Crippen molar-refractivity contribution in [3.8, 4) is 0 Å². The van der Waals surface area contributed by atoms with Gasteiger partial charge in [-0.1, -0.05) is 6.92 Å². The molecule has 1 atom stereocenters.